The van der Waals surface area contributed by atoms with Gasteiger partial charge in [-0.3, -0.25) is 4.98 Å². The Kier molecular flexibility index (Phi) is 4.90. The van der Waals surface area contributed by atoms with Gasteiger partial charge in [0.2, 0.25) is 0 Å². The fourth-order valence-corrected chi connectivity index (χ4v) is 1.70. The fraction of sp³-hybridized carbons (Fsp3) is 0.615. The minimum atomic E-state index is 0.877. The summed E-state index contributed by atoms with van der Waals surface area (Å²) in [5, 5.41) is 0. The highest BCUT2D eigenvalue weighted by Crippen LogP contribution is 2.16. The molecule has 0 amide bonds. The van der Waals surface area contributed by atoms with E-state index in [1.54, 1.807) is 0 Å². The summed E-state index contributed by atoms with van der Waals surface area (Å²) >= 11 is 0. The molecule has 0 spiro atoms. The second kappa shape index (κ2) is 5.98. The van der Waals surface area contributed by atoms with Gasteiger partial charge in [0.05, 0.1) is 11.4 Å². The van der Waals surface area contributed by atoms with Crippen molar-refractivity contribution in [2.45, 2.75) is 13.1 Å². The van der Waals surface area contributed by atoms with Crippen molar-refractivity contribution in [1.29, 1.82) is 0 Å². The highest BCUT2D eigenvalue weighted by molar-refractivity contribution is 5.47. The second-order valence-electron chi connectivity index (χ2n) is 5.18. The third-order valence-electron chi connectivity index (χ3n) is 2.39. The van der Waals surface area contributed by atoms with Crippen LogP contribution in [0.2, 0.25) is 0 Å². The molecule has 0 aliphatic heterocycles. The molecule has 0 saturated heterocycles. The molecule has 0 bridgehead atoms. The van der Waals surface area contributed by atoms with Crippen LogP contribution in [0.15, 0.2) is 12.1 Å². The summed E-state index contributed by atoms with van der Waals surface area (Å²) in [6, 6.07) is 4.30. The first-order chi connectivity index (χ1) is 7.88. The molecule has 1 aromatic rings. The van der Waals surface area contributed by atoms with Gasteiger partial charge in [0.1, 0.15) is 0 Å². The zero-order valence-corrected chi connectivity index (χ0v) is 11.9. The first kappa shape index (κ1) is 13.9. The van der Waals surface area contributed by atoms with Gasteiger partial charge >= 0.3 is 0 Å². The molecule has 0 aliphatic rings. The van der Waals surface area contributed by atoms with E-state index in [9.17, 15) is 0 Å². The molecule has 96 valence electrons. The van der Waals surface area contributed by atoms with E-state index in [4.69, 9.17) is 0 Å². The van der Waals surface area contributed by atoms with Crippen LogP contribution in [0.3, 0.4) is 0 Å². The zero-order chi connectivity index (χ0) is 13.0. The van der Waals surface area contributed by atoms with Crippen LogP contribution >= 0.6 is 0 Å². The highest BCUT2D eigenvalue weighted by Gasteiger charge is 2.06. The quantitative estimate of drug-likeness (QED) is 0.768. The molecule has 4 nitrogen and oxygen atoms in total. The van der Waals surface area contributed by atoms with Gasteiger partial charge in [-0.1, -0.05) is 0 Å². The van der Waals surface area contributed by atoms with Crippen LogP contribution in [0.1, 0.15) is 11.4 Å². The Labute approximate surface area is 105 Å². The van der Waals surface area contributed by atoms with Crippen LogP contribution in [-0.2, 0) is 13.1 Å². The number of hydrogen-bond donors (Lipinski definition) is 0. The maximum Gasteiger partial charge on any atom is 0.0568 e. The summed E-state index contributed by atoms with van der Waals surface area (Å²) in [6.45, 7) is 1.75. The van der Waals surface area contributed by atoms with Gasteiger partial charge < -0.3 is 14.7 Å². The molecule has 4 heteroatoms. The fourth-order valence-electron chi connectivity index (χ4n) is 1.70. The summed E-state index contributed by atoms with van der Waals surface area (Å²) in [7, 11) is 12.4. The Morgan fingerprint density at radius 3 is 1.53 bits per heavy atom. The normalized spacial score (nSPS) is 11.3. The lowest BCUT2D eigenvalue weighted by Gasteiger charge is -2.18. The summed E-state index contributed by atoms with van der Waals surface area (Å²) in [4.78, 5) is 11.1. The first-order valence-electron chi connectivity index (χ1n) is 5.85. The van der Waals surface area contributed by atoms with Crippen molar-refractivity contribution >= 4 is 5.69 Å². The van der Waals surface area contributed by atoms with Gasteiger partial charge in [-0.2, -0.15) is 0 Å². The minimum Gasteiger partial charge on any atom is -0.378 e. The van der Waals surface area contributed by atoms with Crippen molar-refractivity contribution in [3.63, 3.8) is 0 Å². The highest BCUT2D eigenvalue weighted by atomic mass is 15.1. The number of nitrogens with zero attached hydrogens (tertiary/aromatic N) is 4. The van der Waals surface area contributed by atoms with Gasteiger partial charge in [-0.25, -0.2) is 0 Å². The molecule has 1 heterocycles. The summed E-state index contributed by atoms with van der Waals surface area (Å²) < 4.78 is 0. The average molecular weight is 236 g/mol. The standard InChI is InChI=1S/C13H24N4/c1-15(2)9-11-7-13(17(5)6)8-12(14-11)10-16(3)4/h7-8H,9-10H2,1-6H3. The van der Waals surface area contributed by atoms with Crippen LogP contribution in [-0.4, -0.2) is 57.1 Å². The first-order valence-corrected chi connectivity index (χ1v) is 5.85. The maximum absolute atomic E-state index is 4.69. The largest absolute Gasteiger partial charge is 0.378 e. The summed E-state index contributed by atoms with van der Waals surface area (Å²) in [5.74, 6) is 0. The number of aromatic nitrogens is 1. The van der Waals surface area contributed by atoms with Crippen LogP contribution in [0.25, 0.3) is 0 Å². The van der Waals surface area contributed by atoms with Crippen LogP contribution in [0.4, 0.5) is 5.69 Å². The van der Waals surface area contributed by atoms with Crippen LogP contribution in [0, 0.1) is 0 Å². The Morgan fingerprint density at radius 1 is 0.824 bits per heavy atom. The van der Waals surface area contributed by atoms with Crippen LogP contribution < -0.4 is 4.90 Å². The lowest BCUT2D eigenvalue weighted by molar-refractivity contribution is 0.384. The topological polar surface area (TPSA) is 22.6 Å². The molecule has 1 rings (SSSR count). The molecule has 1 aromatic heterocycles. The maximum atomic E-state index is 4.69. The zero-order valence-electron chi connectivity index (χ0n) is 11.9. The SMILES string of the molecule is CN(C)Cc1cc(N(C)C)cc(CN(C)C)n1. The van der Waals surface area contributed by atoms with E-state index in [0.717, 1.165) is 24.5 Å². The van der Waals surface area contributed by atoms with Crippen molar-refractivity contribution in [2.24, 2.45) is 0 Å². The molecule has 0 fully saturated rings. The number of anilines is 1. The molecule has 0 N–H and O–H groups in total. The summed E-state index contributed by atoms with van der Waals surface area (Å²) in [6.07, 6.45) is 0. The molecule has 0 aliphatic carbocycles. The van der Waals surface area contributed by atoms with Crippen molar-refractivity contribution in [3.8, 4) is 0 Å². The Hall–Kier alpha value is -1.13. The Balaban J connectivity index is 3.00. The Morgan fingerprint density at radius 2 is 1.24 bits per heavy atom. The monoisotopic (exact) mass is 236 g/mol. The number of pyridine rings is 1. The minimum absolute atomic E-state index is 0.877. The van der Waals surface area contributed by atoms with Gasteiger partial charge in [0.15, 0.2) is 0 Å². The van der Waals surface area contributed by atoms with Gasteiger partial charge in [-0.15, -0.1) is 0 Å². The predicted octanol–water partition coefficient (Wildman–Crippen LogP) is 1.27. The van der Waals surface area contributed by atoms with E-state index >= 15 is 0 Å². The van der Waals surface area contributed by atoms with E-state index < -0.39 is 0 Å². The van der Waals surface area contributed by atoms with Crippen molar-refractivity contribution < 1.29 is 0 Å². The molecule has 0 saturated carbocycles. The van der Waals surface area contributed by atoms with Gasteiger partial charge in [0, 0.05) is 32.9 Å². The van der Waals surface area contributed by atoms with E-state index in [0.29, 0.717) is 0 Å². The van der Waals surface area contributed by atoms with Crippen molar-refractivity contribution in [2.75, 3.05) is 47.2 Å². The van der Waals surface area contributed by atoms with E-state index in [2.05, 4.69) is 74.1 Å². The van der Waals surface area contributed by atoms with Gasteiger partial charge in [-0.05, 0) is 40.3 Å². The summed E-state index contributed by atoms with van der Waals surface area (Å²) in [5.41, 5.74) is 3.46. The van der Waals surface area contributed by atoms with Gasteiger partial charge in [0.25, 0.3) is 0 Å². The predicted molar refractivity (Wildman–Crippen MR) is 73.3 cm³/mol. The molecule has 0 atom stereocenters. The molecule has 17 heavy (non-hydrogen) atoms. The molecule has 0 radical (unpaired) electrons. The van der Waals surface area contributed by atoms with Crippen LogP contribution in [0.5, 0.6) is 0 Å². The Bertz CT molecular complexity index is 330. The number of hydrogen-bond acceptors (Lipinski definition) is 4. The van der Waals surface area contributed by atoms with Crippen molar-refractivity contribution in [1.82, 2.24) is 14.8 Å². The van der Waals surface area contributed by atoms with E-state index in [1.807, 2.05) is 0 Å². The smallest absolute Gasteiger partial charge is 0.0568 e. The third kappa shape index (κ3) is 4.71. The molecular weight excluding hydrogens is 212 g/mol. The molecule has 0 unspecified atom stereocenters. The lowest BCUT2D eigenvalue weighted by atomic mass is 10.2. The van der Waals surface area contributed by atoms with E-state index in [1.165, 1.54) is 5.69 Å². The van der Waals surface area contributed by atoms with E-state index in [-0.39, 0.29) is 0 Å². The number of rotatable bonds is 5. The molecular formula is C13H24N4. The average Bonchev–Trinajstić information content (AvgIpc) is 2.14. The third-order valence-corrected chi connectivity index (χ3v) is 2.39. The lowest BCUT2D eigenvalue weighted by Crippen LogP contribution is -2.18. The molecule has 0 aromatic carbocycles. The second-order valence-corrected chi connectivity index (χ2v) is 5.18. The van der Waals surface area contributed by atoms with Crippen molar-refractivity contribution in [3.05, 3.63) is 23.5 Å².